The van der Waals surface area contributed by atoms with Crippen LogP contribution >= 0.6 is 0 Å². The summed E-state index contributed by atoms with van der Waals surface area (Å²) < 4.78 is 0. The van der Waals surface area contributed by atoms with E-state index >= 15 is 0 Å². The predicted octanol–water partition coefficient (Wildman–Crippen LogP) is 4.33. The molecule has 0 saturated heterocycles. The van der Waals surface area contributed by atoms with Crippen LogP contribution in [0.25, 0.3) is 0 Å². The molecule has 3 rings (SSSR count). The van der Waals surface area contributed by atoms with E-state index in [-0.39, 0.29) is 0 Å². The zero-order valence-electron chi connectivity index (χ0n) is 15.6. The van der Waals surface area contributed by atoms with Crippen molar-refractivity contribution in [3.05, 3.63) is 96.6 Å². The number of rotatable bonds is 4. The highest BCUT2D eigenvalue weighted by Crippen LogP contribution is 2.12. The highest BCUT2D eigenvalue weighted by Gasteiger charge is 2.12. The first-order valence-corrected chi connectivity index (χ1v) is 9.01. The standard InChI is InChI=1S/C23H20N4O2/c28-22(25-19-12-6-2-7-13-19)24-17-16-21(18-10-4-1-5-11-18)27-23(29)26-20-14-8-3-9-15-20/h1-15,21H,(H2,24,25,28)(H2,26,27,29). The van der Waals surface area contributed by atoms with E-state index in [0.717, 1.165) is 5.56 Å². The average Bonchev–Trinajstić information content (AvgIpc) is 2.75. The molecule has 4 N–H and O–H groups in total. The van der Waals surface area contributed by atoms with Gasteiger partial charge in [0, 0.05) is 17.4 Å². The number of hydrogen-bond acceptors (Lipinski definition) is 2. The molecule has 0 aromatic heterocycles. The van der Waals surface area contributed by atoms with Crippen LogP contribution in [0.15, 0.2) is 91.0 Å². The summed E-state index contributed by atoms with van der Waals surface area (Å²) >= 11 is 0. The Bertz CT molecular complexity index is 997. The average molecular weight is 384 g/mol. The largest absolute Gasteiger partial charge is 0.330 e. The highest BCUT2D eigenvalue weighted by molar-refractivity contribution is 5.91. The molecule has 6 heteroatoms. The second-order valence-electron chi connectivity index (χ2n) is 6.02. The Kier molecular flexibility index (Phi) is 6.86. The fourth-order valence-electron chi connectivity index (χ4n) is 2.52. The van der Waals surface area contributed by atoms with Crippen molar-refractivity contribution in [2.24, 2.45) is 0 Å². The Morgan fingerprint density at radius 1 is 0.655 bits per heavy atom. The topological polar surface area (TPSA) is 82.3 Å². The molecule has 0 radical (unpaired) electrons. The number of carbonyl (C=O) groups is 2. The summed E-state index contributed by atoms with van der Waals surface area (Å²) in [7, 11) is 0. The maximum atomic E-state index is 12.3. The maximum Gasteiger partial charge on any atom is 0.330 e. The van der Waals surface area contributed by atoms with Gasteiger partial charge in [-0.05, 0) is 35.7 Å². The summed E-state index contributed by atoms with van der Waals surface area (Å²) in [4.78, 5) is 24.3. The van der Waals surface area contributed by atoms with Crippen molar-refractivity contribution in [2.75, 3.05) is 10.6 Å². The first-order valence-electron chi connectivity index (χ1n) is 9.01. The van der Waals surface area contributed by atoms with Crippen molar-refractivity contribution >= 4 is 23.4 Å². The van der Waals surface area contributed by atoms with Crippen LogP contribution < -0.4 is 21.3 Å². The number of urea groups is 2. The molecule has 4 amide bonds. The molecule has 0 spiro atoms. The lowest BCUT2D eigenvalue weighted by Crippen LogP contribution is -2.32. The van der Waals surface area contributed by atoms with Crippen molar-refractivity contribution in [1.82, 2.24) is 10.6 Å². The van der Waals surface area contributed by atoms with Gasteiger partial charge in [-0.15, -0.1) is 0 Å². The molecule has 0 aliphatic carbocycles. The third kappa shape index (κ3) is 6.45. The van der Waals surface area contributed by atoms with Gasteiger partial charge in [-0.2, -0.15) is 0 Å². The number of para-hydroxylation sites is 2. The number of benzene rings is 3. The molecular weight excluding hydrogens is 364 g/mol. The van der Waals surface area contributed by atoms with Gasteiger partial charge in [0.1, 0.15) is 6.04 Å². The van der Waals surface area contributed by atoms with Gasteiger partial charge in [-0.1, -0.05) is 66.7 Å². The van der Waals surface area contributed by atoms with E-state index in [0.29, 0.717) is 11.4 Å². The zero-order chi connectivity index (χ0) is 20.3. The monoisotopic (exact) mass is 384 g/mol. The van der Waals surface area contributed by atoms with Gasteiger partial charge in [-0.25, -0.2) is 9.59 Å². The van der Waals surface area contributed by atoms with Crippen molar-refractivity contribution in [1.29, 1.82) is 0 Å². The summed E-state index contributed by atoms with van der Waals surface area (Å²) in [5.41, 5.74) is 2.13. The molecular formula is C23H20N4O2. The van der Waals surface area contributed by atoms with Gasteiger partial charge < -0.3 is 16.0 Å². The molecule has 0 bridgehead atoms. The normalized spacial score (nSPS) is 10.6. The molecule has 0 heterocycles. The lowest BCUT2D eigenvalue weighted by Gasteiger charge is -2.14. The molecule has 1 atom stereocenters. The van der Waals surface area contributed by atoms with Crippen LogP contribution in [0.1, 0.15) is 11.6 Å². The van der Waals surface area contributed by atoms with Crippen molar-refractivity contribution in [3.8, 4) is 12.0 Å². The molecule has 3 aromatic rings. The Balaban J connectivity index is 1.64. The SMILES string of the molecule is O=C(NC#CC(NC(=O)Nc1ccccc1)c1ccccc1)Nc1ccccc1. The van der Waals surface area contributed by atoms with E-state index in [1.807, 2.05) is 66.7 Å². The molecule has 0 aliphatic heterocycles. The quantitative estimate of drug-likeness (QED) is 0.399. The Hall–Kier alpha value is -4.24. The summed E-state index contributed by atoms with van der Waals surface area (Å²) in [5.74, 6) is 2.88. The fourth-order valence-corrected chi connectivity index (χ4v) is 2.52. The van der Waals surface area contributed by atoms with E-state index in [4.69, 9.17) is 0 Å². The van der Waals surface area contributed by atoms with Gasteiger partial charge in [-0.3, -0.25) is 5.32 Å². The van der Waals surface area contributed by atoms with Gasteiger partial charge >= 0.3 is 12.1 Å². The predicted molar refractivity (Wildman–Crippen MR) is 114 cm³/mol. The molecule has 3 aromatic carbocycles. The summed E-state index contributed by atoms with van der Waals surface area (Å²) in [5, 5.41) is 10.7. The molecule has 0 saturated carbocycles. The van der Waals surface area contributed by atoms with E-state index < -0.39 is 18.1 Å². The van der Waals surface area contributed by atoms with E-state index in [2.05, 4.69) is 33.2 Å². The molecule has 0 fully saturated rings. The lowest BCUT2D eigenvalue weighted by molar-refractivity contribution is 0.250. The first kappa shape index (κ1) is 19.5. The molecule has 144 valence electrons. The Morgan fingerprint density at radius 3 is 1.69 bits per heavy atom. The van der Waals surface area contributed by atoms with Crippen molar-refractivity contribution < 1.29 is 9.59 Å². The zero-order valence-corrected chi connectivity index (χ0v) is 15.6. The number of nitrogens with one attached hydrogen (secondary N) is 4. The first-order chi connectivity index (χ1) is 14.2. The van der Waals surface area contributed by atoms with Crippen LogP contribution in [-0.2, 0) is 0 Å². The third-order valence-corrected chi connectivity index (χ3v) is 3.86. The van der Waals surface area contributed by atoms with Crippen LogP contribution in [0.5, 0.6) is 0 Å². The van der Waals surface area contributed by atoms with E-state index in [1.165, 1.54) is 0 Å². The summed E-state index contributed by atoms with van der Waals surface area (Å²) in [6.07, 6.45) is 0. The molecule has 29 heavy (non-hydrogen) atoms. The minimum absolute atomic E-state index is 0.395. The van der Waals surface area contributed by atoms with Crippen LogP contribution in [0.4, 0.5) is 21.0 Å². The van der Waals surface area contributed by atoms with E-state index in [1.54, 1.807) is 24.3 Å². The Labute approximate surface area is 169 Å². The molecule has 1 unspecified atom stereocenters. The maximum absolute atomic E-state index is 12.3. The van der Waals surface area contributed by atoms with Gasteiger partial charge in [0.2, 0.25) is 0 Å². The molecule has 6 nitrogen and oxygen atoms in total. The van der Waals surface area contributed by atoms with Gasteiger partial charge in [0.15, 0.2) is 0 Å². The van der Waals surface area contributed by atoms with Crippen LogP contribution in [0, 0.1) is 12.0 Å². The molecule has 0 aliphatic rings. The Morgan fingerprint density at radius 2 is 1.14 bits per heavy atom. The van der Waals surface area contributed by atoms with Crippen LogP contribution in [-0.4, -0.2) is 12.1 Å². The van der Waals surface area contributed by atoms with Gasteiger partial charge in [0.25, 0.3) is 0 Å². The summed E-state index contributed by atoms with van der Waals surface area (Å²) in [6, 6.07) is 28.6. The van der Waals surface area contributed by atoms with Gasteiger partial charge in [0.05, 0.1) is 0 Å². The number of anilines is 2. The smallest absolute Gasteiger partial charge is 0.320 e. The fraction of sp³-hybridized carbons (Fsp3) is 0.0435. The second kappa shape index (κ2) is 10.2. The van der Waals surface area contributed by atoms with Crippen molar-refractivity contribution in [3.63, 3.8) is 0 Å². The number of amides is 4. The number of hydrogen-bond donors (Lipinski definition) is 4. The highest BCUT2D eigenvalue weighted by atomic mass is 16.2. The van der Waals surface area contributed by atoms with E-state index in [9.17, 15) is 9.59 Å². The summed E-state index contributed by atoms with van der Waals surface area (Å²) in [6.45, 7) is 0. The van der Waals surface area contributed by atoms with Crippen LogP contribution in [0.2, 0.25) is 0 Å². The van der Waals surface area contributed by atoms with Crippen LogP contribution in [0.3, 0.4) is 0 Å². The number of carbonyl (C=O) groups excluding carboxylic acids is 2. The third-order valence-electron chi connectivity index (χ3n) is 3.86. The lowest BCUT2D eigenvalue weighted by atomic mass is 10.1. The minimum atomic E-state index is -0.600. The minimum Gasteiger partial charge on any atom is -0.320 e. The van der Waals surface area contributed by atoms with Crippen molar-refractivity contribution in [2.45, 2.75) is 6.04 Å². The second-order valence-corrected chi connectivity index (χ2v) is 6.02.